The number of hydrogen-bond acceptors (Lipinski definition) is 7. The SMILES string of the molecule is CC(NC(=O)CCCN(c1ccc2c(c1)OCCO2)S(C)(=O)=O)c1ccc(S(C)(=O)=O)cc1. The van der Waals surface area contributed by atoms with E-state index in [0.717, 1.165) is 18.1 Å². The van der Waals surface area contributed by atoms with Crippen LogP contribution in [0.5, 0.6) is 11.5 Å². The van der Waals surface area contributed by atoms with Crippen LogP contribution in [0.3, 0.4) is 0 Å². The predicted octanol–water partition coefficient (Wildman–Crippen LogP) is 2.28. The van der Waals surface area contributed by atoms with E-state index in [1.54, 1.807) is 37.3 Å². The lowest BCUT2D eigenvalue weighted by Gasteiger charge is -2.25. The maximum atomic E-state index is 12.4. The Bertz CT molecular complexity index is 1210. The van der Waals surface area contributed by atoms with Gasteiger partial charge in [-0.2, -0.15) is 0 Å². The molecule has 180 valence electrons. The fourth-order valence-electron chi connectivity index (χ4n) is 3.46. The summed E-state index contributed by atoms with van der Waals surface area (Å²) in [7, 11) is -6.85. The number of sulfonamides is 1. The Morgan fingerprint density at radius 2 is 1.64 bits per heavy atom. The summed E-state index contributed by atoms with van der Waals surface area (Å²) in [4.78, 5) is 12.6. The zero-order valence-electron chi connectivity index (χ0n) is 18.8. The third-order valence-electron chi connectivity index (χ3n) is 5.16. The summed E-state index contributed by atoms with van der Waals surface area (Å²) >= 11 is 0. The standard InChI is InChI=1S/C22H28N2O7S2/c1-16(17-6-9-19(10-7-17)32(2,26)27)23-22(25)5-4-12-24(33(3,28)29)18-8-11-20-21(15-18)31-14-13-30-20/h6-11,15-16H,4-5,12-14H2,1-3H3,(H,23,25). The highest BCUT2D eigenvalue weighted by Crippen LogP contribution is 2.34. The molecule has 0 bridgehead atoms. The van der Waals surface area contributed by atoms with Crippen molar-refractivity contribution in [2.75, 3.05) is 36.6 Å². The van der Waals surface area contributed by atoms with Crippen LogP contribution in [0, 0.1) is 0 Å². The van der Waals surface area contributed by atoms with Gasteiger partial charge in [-0.1, -0.05) is 12.1 Å². The minimum atomic E-state index is -3.57. The van der Waals surface area contributed by atoms with Gasteiger partial charge in [0.15, 0.2) is 21.3 Å². The molecule has 1 atom stereocenters. The molecule has 1 N–H and O–H groups in total. The maximum Gasteiger partial charge on any atom is 0.232 e. The molecule has 0 aliphatic carbocycles. The third-order valence-corrected chi connectivity index (χ3v) is 7.49. The van der Waals surface area contributed by atoms with Gasteiger partial charge in [-0.25, -0.2) is 16.8 Å². The van der Waals surface area contributed by atoms with E-state index in [1.807, 2.05) is 0 Å². The number of anilines is 1. The number of nitrogens with zero attached hydrogens (tertiary/aromatic N) is 1. The van der Waals surface area contributed by atoms with Gasteiger partial charge in [0, 0.05) is 25.3 Å². The lowest BCUT2D eigenvalue weighted by molar-refractivity contribution is -0.121. The van der Waals surface area contributed by atoms with E-state index in [2.05, 4.69) is 5.32 Å². The topological polar surface area (TPSA) is 119 Å². The van der Waals surface area contributed by atoms with Crippen LogP contribution in [0.15, 0.2) is 47.4 Å². The Balaban J connectivity index is 1.58. The predicted molar refractivity (Wildman–Crippen MR) is 125 cm³/mol. The van der Waals surface area contributed by atoms with E-state index < -0.39 is 19.9 Å². The molecule has 1 unspecified atom stereocenters. The van der Waals surface area contributed by atoms with E-state index in [1.165, 1.54) is 16.4 Å². The number of rotatable bonds is 9. The second-order valence-corrected chi connectivity index (χ2v) is 11.8. The van der Waals surface area contributed by atoms with E-state index in [-0.39, 0.29) is 29.8 Å². The summed E-state index contributed by atoms with van der Waals surface area (Å²) in [5, 5.41) is 2.85. The molecule has 0 saturated heterocycles. The number of nitrogens with one attached hydrogen (secondary N) is 1. The van der Waals surface area contributed by atoms with Crippen molar-refractivity contribution in [2.24, 2.45) is 0 Å². The van der Waals surface area contributed by atoms with Crippen molar-refractivity contribution in [3.63, 3.8) is 0 Å². The number of ether oxygens (including phenoxy) is 2. The van der Waals surface area contributed by atoms with Gasteiger partial charge in [0.2, 0.25) is 15.9 Å². The van der Waals surface area contributed by atoms with Crippen molar-refractivity contribution in [3.8, 4) is 11.5 Å². The average molecular weight is 497 g/mol. The zero-order valence-corrected chi connectivity index (χ0v) is 20.4. The van der Waals surface area contributed by atoms with Crippen LogP contribution >= 0.6 is 0 Å². The van der Waals surface area contributed by atoms with Crippen molar-refractivity contribution in [1.29, 1.82) is 0 Å². The molecule has 0 saturated carbocycles. The number of carbonyl (C=O) groups excluding carboxylic acids is 1. The van der Waals surface area contributed by atoms with Crippen LogP contribution in [0.4, 0.5) is 5.69 Å². The molecule has 0 aromatic heterocycles. The van der Waals surface area contributed by atoms with Crippen LogP contribution in [0.25, 0.3) is 0 Å². The Hall–Kier alpha value is -2.79. The molecule has 33 heavy (non-hydrogen) atoms. The lowest BCUT2D eigenvalue weighted by atomic mass is 10.1. The van der Waals surface area contributed by atoms with Crippen LogP contribution in [0.2, 0.25) is 0 Å². The van der Waals surface area contributed by atoms with Gasteiger partial charge in [-0.15, -0.1) is 0 Å². The smallest absolute Gasteiger partial charge is 0.232 e. The molecule has 0 radical (unpaired) electrons. The van der Waals surface area contributed by atoms with E-state index in [9.17, 15) is 21.6 Å². The average Bonchev–Trinajstić information content (AvgIpc) is 2.75. The van der Waals surface area contributed by atoms with E-state index >= 15 is 0 Å². The number of amides is 1. The Morgan fingerprint density at radius 1 is 1.00 bits per heavy atom. The lowest BCUT2D eigenvalue weighted by Crippen LogP contribution is -2.32. The summed E-state index contributed by atoms with van der Waals surface area (Å²) in [6.07, 6.45) is 2.69. The molecule has 2 aromatic rings. The van der Waals surface area contributed by atoms with Gasteiger partial charge in [0.05, 0.1) is 22.9 Å². The Labute approximate surface area is 194 Å². The van der Waals surface area contributed by atoms with Crippen molar-refractivity contribution >= 4 is 31.5 Å². The second-order valence-electron chi connectivity index (χ2n) is 7.90. The molecule has 1 amide bonds. The number of hydrogen-bond donors (Lipinski definition) is 1. The number of carbonyl (C=O) groups is 1. The van der Waals surface area contributed by atoms with Crippen molar-refractivity contribution in [1.82, 2.24) is 5.32 Å². The second kappa shape index (κ2) is 10.0. The van der Waals surface area contributed by atoms with E-state index in [0.29, 0.717) is 36.8 Å². The van der Waals surface area contributed by atoms with Crippen LogP contribution < -0.4 is 19.1 Å². The molecule has 1 aliphatic rings. The number of benzene rings is 2. The number of fused-ring (bicyclic) bond motifs is 1. The summed E-state index contributed by atoms with van der Waals surface area (Å²) in [5.41, 5.74) is 1.21. The first kappa shape index (κ1) is 24.8. The monoisotopic (exact) mass is 496 g/mol. The third kappa shape index (κ3) is 6.61. The Kier molecular flexibility index (Phi) is 7.53. The molecule has 0 spiro atoms. The molecular formula is C22H28N2O7S2. The molecule has 1 aliphatic heterocycles. The summed E-state index contributed by atoms with van der Waals surface area (Å²) < 4.78 is 60.1. The van der Waals surface area contributed by atoms with Crippen LogP contribution in [0.1, 0.15) is 31.4 Å². The van der Waals surface area contributed by atoms with E-state index in [4.69, 9.17) is 9.47 Å². The molecule has 3 rings (SSSR count). The van der Waals surface area contributed by atoms with Crippen LogP contribution in [-0.2, 0) is 24.7 Å². The Morgan fingerprint density at radius 3 is 2.24 bits per heavy atom. The minimum Gasteiger partial charge on any atom is -0.486 e. The highest BCUT2D eigenvalue weighted by Gasteiger charge is 2.21. The number of sulfone groups is 1. The molecule has 0 fully saturated rings. The first-order valence-electron chi connectivity index (χ1n) is 10.4. The molecule has 11 heteroatoms. The molecule has 2 aromatic carbocycles. The van der Waals surface area contributed by atoms with Gasteiger partial charge < -0.3 is 14.8 Å². The molecular weight excluding hydrogens is 468 g/mol. The van der Waals surface area contributed by atoms with Gasteiger partial charge in [0.25, 0.3) is 0 Å². The highest BCUT2D eigenvalue weighted by molar-refractivity contribution is 7.92. The molecule has 9 nitrogen and oxygen atoms in total. The van der Waals surface area contributed by atoms with Crippen LogP contribution in [-0.4, -0.2) is 55.0 Å². The summed E-state index contributed by atoms with van der Waals surface area (Å²) in [5.74, 6) is 0.822. The normalized spacial score (nSPS) is 14.4. The van der Waals surface area contributed by atoms with Crippen molar-refractivity contribution < 1.29 is 31.1 Å². The zero-order chi connectivity index (χ0) is 24.2. The highest BCUT2D eigenvalue weighted by atomic mass is 32.2. The van der Waals surface area contributed by atoms with Crippen molar-refractivity contribution in [2.45, 2.75) is 30.7 Å². The summed E-state index contributed by atoms with van der Waals surface area (Å²) in [6.45, 7) is 2.76. The van der Waals surface area contributed by atoms with Gasteiger partial charge in [-0.3, -0.25) is 9.10 Å². The first-order chi connectivity index (χ1) is 15.4. The maximum absolute atomic E-state index is 12.4. The largest absolute Gasteiger partial charge is 0.486 e. The first-order valence-corrected chi connectivity index (χ1v) is 14.2. The van der Waals surface area contributed by atoms with Gasteiger partial charge in [0.1, 0.15) is 13.2 Å². The minimum absolute atomic E-state index is 0.127. The fourth-order valence-corrected chi connectivity index (χ4v) is 5.05. The quantitative estimate of drug-likeness (QED) is 0.566. The van der Waals surface area contributed by atoms with Gasteiger partial charge in [-0.05, 0) is 43.2 Å². The fraction of sp³-hybridized carbons (Fsp3) is 0.409. The van der Waals surface area contributed by atoms with Gasteiger partial charge >= 0.3 is 0 Å². The summed E-state index contributed by atoms with van der Waals surface area (Å²) in [6, 6.07) is 11.0. The van der Waals surface area contributed by atoms with Crippen molar-refractivity contribution in [3.05, 3.63) is 48.0 Å². The molecule has 1 heterocycles.